The lowest BCUT2D eigenvalue weighted by Gasteiger charge is -2.52. The van der Waals surface area contributed by atoms with Crippen molar-refractivity contribution in [1.29, 1.82) is 0 Å². The molecular weight excluding hydrogens is 450 g/mol. The van der Waals surface area contributed by atoms with Crippen LogP contribution in [0.5, 0.6) is 0 Å². The second-order valence-electron chi connectivity index (χ2n) is 11.1. The lowest BCUT2D eigenvalue weighted by atomic mass is 9.79. The predicted molar refractivity (Wildman–Crippen MR) is 142 cm³/mol. The standard InChI is InChI=1S/C29H43N5O2/c1-6-7-15-34-27(35)24(18-20(2)3)30-28(36)29(34)13-16-33(17-14-29)25(19-23-11-9-8-10-12-23)26-21(4)31-32-22(26)5/h8-12,20,24-25H,6-7,13-19H2,1-5H3,(H,30,36)(H,31,32)/t24-,25?/m0/s1. The minimum atomic E-state index is -0.742. The number of aromatic nitrogens is 2. The van der Waals surface area contributed by atoms with E-state index in [1.54, 1.807) is 0 Å². The van der Waals surface area contributed by atoms with Crippen molar-refractivity contribution in [2.24, 2.45) is 5.92 Å². The molecule has 196 valence electrons. The number of amides is 2. The summed E-state index contributed by atoms with van der Waals surface area (Å²) in [5.41, 5.74) is 3.92. The maximum absolute atomic E-state index is 13.6. The van der Waals surface area contributed by atoms with Gasteiger partial charge in [-0.1, -0.05) is 57.5 Å². The van der Waals surface area contributed by atoms with Gasteiger partial charge in [-0.2, -0.15) is 5.10 Å². The summed E-state index contributed by atoms with van der Waals surface area (Å²) < 4.78 is 0. The average Bonchev–Trinajstić information content (AvgIpc) is 3.19. The van der Waals surface area contributed by atoms with E-state index in [4.69, 9.17) is 0 Å². The first-order valence-corrected chi connectivity index (χ1v) is 13.7. The fourth-order valence-electron chi connectivity index (χ4n) is 6.15. The molecule has 0 saturated carbocycles. The molecule has 1 unspecified atom stereocenters. The molecule has 2 aliphatic heterocycles. The number of hydrogen-bond donors (Lipinski definition) is 2. The van der Waals surface area contributed by atoms with Gasteiger partial charge in [-0.25, -0.2) is 0 Å². The molecule has 0 bridgehead atoms. The van der Waals surface area contributed by atoms with E-state index in [9.17, 15) is 9.59 Å². The van der Waals surface area contributed by atoms with Crippen molar-refractivity contribution in [3.63, 3.8) is 0 Å². The number of unbranched alkanes of at least 4 members (excludes halogenated alkanes) is 1. The molecule has 1 aromatic carbocycles. The maximum Gasteiger partial charge on any atom is 0.246 e. The van der Waals surface area contributed by atoms with Gasteiger partial charge in [0.15, 0.2) is 0 Å². The number of H-pyrrole nitrogens is 1. The van der Waals surface area contributed by atoms with Gasteiger partial charge >= 0.3 is 0 Å². The van der Waals surface area contributed by atoms with Gasteiger partial charge in [0, 0.05) is 36.9 Å². The van der Waals surface area contributed by atoms with E-state index < -0.39 is 11.6 Å². The fraction of sp³-hybridized carbons (Fsp3) is 0.621. The number of aryl methyl sites for hydroxylation is 2. The van der Waals surface area contributed by atoms with Crippen molar-refractivity contribution in [1.82, 2.24) is 25.3 Å². The Morgan fingerprint density at radius 2 is 1.81 bits per heavy atom. The molecule has 2 fully saturated rings. The number of hydrogen-bond acceptors (Lipinski definition) is 4. The van der Waals surface area contributed by atoms with Crippen molar-refractivity contribution in [2.45, 2.75) is 90.8 Å². The van der Waals surface area contributed by atoms with Crippen LogP contribution in [-0.2, 0) is 16.0 Å². The summed E-state index contributed by atoms with van der Waals surface area (Å²) in [5.74, 6) is 0.495. The molecule has 2 amide bonds. The molecule has 2 aromatic rings. The summed E-state index contributed by atoms with van der Waals surface area (Å²) in [6.07, 6.45) is 4.81. The van der Waals surface area contributed by atoms with Gasteiger partial charge in [0.05, 0.1) is 5.69 Å². The van der Waals surface area contributed by atoms with Crippen molar-refractivity contribution >= 4 is 11.8 Å². The summed E-state index contributed by atoms with van der Waals surface area (Å²) in [7, 11) is 0. The molecule has 0 radical (unpaired) electrons. The molecule has 1 aromatic heterocycles. The summed E-state index contributed by atoms with van der Waals surface area (Å²) in [6.45, 7) is 12.7. The Bertz CT molecular complexity index is 1020. The second kappa shape index (κ2) is 11.2. The van der Waals surface area contributed by atoms with Crippen molar-refractivity contribution < 1.29 is 9.59 Å². The number of likely N-dealkylation sites (tertiary alicyclic amines) is 1. The Morgan fingerprint density at radius 3 is 2.39 bits per heavy atom. The van der Waals surface area contributed by atoms with Gasteiger partial charge < -0.3 is 10.2 Å². The van der Waals surface area contributed by atoms with Crippen LogP contribution in [0.25, 0.3) is 0 Å². The fourth-order valence-corrected chi connectivity index (χ4v) is 6.15. The zero-order valence-electron chi connectivity index (χ0n) is 22.6. The quantitative estimate of drug-likeness (QED) is 0.545. The highest BCUT2D eigenvalue weighted by Gasteiger charge is 2.53. The molecule has 2 saturated heterocycles. The lowest BCUT2D eigenvalue weighted by Crippen LogP contribution is -2.73. The van der Waals surface area contributed by atoms with Crippen molar-refractivity contribution in [3.05, 3.63) is 52.8 Å². The largest absolute Gasteiger partial charge is 0.342 e. The molecule has 2 N–H and O–H groups in total. The molecule has 36 heavy (non-hydrogen) atoms. The van der Waals surface area contributed by atoms with Gasteiger partial charge in [0.25, 0.3) is 0 Å². The third-order valence-corrected chi connectivity index (χ3v) is 8.11. The van der Waals surface area contributed by atoms with E-state index in [-0.39, 0.29) is 17.9 Å². The first-order chi connectivity index (χ1) is 17.3. The molecule has 3 heterocycles. The van der Waals surface area contributed by atoms with E-state index in [1.807, 2.05) is 11.0 Å². The first-order valence-electron chi connectivity index (χ1n) is 13.7. The van der Waals surface area contributed by atoms with Crippen LogP contribution in [0.4, 0.5) is 0 Å². The summed E-state index contributed by atoms with van der Waals surface area (Å²) in [4.78, 5) is 31.7. The van der Waals surface area contributed by atoms with Crippen molar-refractivity contribution in [2.75, 3.05) is 19.6 Å². The molecule has 1 spiro atoms. The van der Waals surface area contributed by atoms with Crippen LogP contribution in [-0.4, -0.2) is 63.0 Å². The number of piperazine rings is 1. The third-order valence-electron chi connectivity index (χ3n) is 8.11. The van der Waals surface area contributed by atoms with Crippen LogP contribution >= 0.6 is 0 Å². The highest BCUT2D eigenvalue weighted by atomic mass is 16.2. The van der Waals surface area contributed by atoms with E-state index in [2.05, 4.69) is 79.3 Å². The Labute approximate surface area is 216 Å². The average molecular weight is 494 g/mol. The summed E-state index contributed by atoms with van der Waals surface area (Å²) >= 11 is 0. The van der Waals surface area contributed by atoms with Crippen LogP contribution in [0.15, 0.2) is 30.3 Å². The first kappa shape index (κ1) is 26.4. The van der Waals surface area contributed by atoms with Crippen LogP contribution < -0.4 is 5.32 Å². The molecule has 7 heteroatoms. The van der Waals surface area contributed by atoms with Gasteiger partial charge in [0.2, 0.25) is 11.8 Å². The minimum Gasteiger partial charge on any atom is -0.342 e. The Kier molecular flexibility index (Phi) is 8.18. The normalized spacial score (nSPS) is 21.3. The third kappa shape index (κ3) is 5.22. The zero-order chi connectivity index (χ0) is 25.9. The monoisotopic (exact) mass is 493 g/mol. The SMILES string of the molecule is CCCCN1C(=O)[C@H](CC(C)C)NC(=O)C12CCN(C(Cc1ccccc1)c1c(C)n[nH]c1C)CC2. The van der Waals surface area contributed by atoms with Crippen LogP contribution in [0.3, 0.4) is 0 Å². The number of piperidine rings is 1. The number of carbonyl (C=O) groups excluding carboxylic acids is 2. The molecule has 0 aliphatic carbocycles. The summed E-state index contributed by atoms with van der Waals surface area (Å²) in [5, 5.41) is 10.8. The van der Waals surface area contributed by atoms with Gasteiger partial charge in [-0.3, -0.25) is 19.6 Å². The Morgan fingerprint density at radius 1 is 1.11 bits per heavy atom. The number of rotatable bonds is 9. The van der Waals surface area contributed by atoms with Crippen molar-refractivity contribution in [3.8, 4) is 0 Å². The number of nitrogens with zero attached hydrogens (tertiary/aromatic N) is 3. The molecular formula is C29H43N5O2. The van der Waals surface area contributed by atoms with Gasteiger partial charge in [-0.05, 0) is 57.4 Å². The van der Waals surface area contributed by atoms with E-state index in [0.717, 1.165) is 43.7 Å². The maximum atomic E-state index is 13.6. The zero-order valence-corrected chi connectivity index (χ0v) is 22.6. The number of benzene rings is 1. The topological polar surface area (TPSA) is 81.3 Å². The van der Waals surface area contributed by atoms with Gasteiger partial charge in [0.1, 0.15) is 11.6 Å². The van der Waals surface area contributed by atoms with E-state index in [0.29, 0.717) is 31.7 Å². The second-order valence-corrected chi connectivity index (χ2v) is 11.1. The highest BCUT2D eigenvalue weighted by molar-refractivity contribution is 6.00. The minimum absolute atomic E-state index is 0.0405. The number of carbonyl (C=O) groups is 2. The number of nitrogens with one attached hydrogen (secondary N) is 2. The smallest absolute Gasteiger partial charge is 0.246 e. The van der Waals surface area contributed by atoms with Crippen LogP contribution in [0.1, 0.15) is 81.4 Å². The molecule has 2 aliphatic rings. The Balaban J connectivity index is 1.59. The molecule has 2 atom stereocenters. The number of aromatic amines is 1. The van der Waals surface area contributed by atoms with Crippen LogP contribution in [0.2, 0.25) is 0 Å². The van der Waals surface area contributed by atoms with E-state index in [1.165, 1.54) is 11.1 Å². The van der Waals surface area contributed by atoms with E-state index >= 15 is 0 Å². The van der Waals surface area contributed by atoms with Crippen LogP contribution in [0, 0.1) is 19.8 Å². The molecule has 4 rings (SSSR count). The summed E-state index contributed by atoms with van der Waals surface area (Å²) in [6, 6.07) is 10.3. The highest BCUT2D eigenvalue weighted by Crippen LogP contribution is 2.38. The Hall–Kier alpha value is -2.67. The van der Waals surface area contributed by atoms with Gasteiger partial charge in [-0.15, -0.1) is 0 Å². The molecule has 7 nitrogen and oxygen atoms in total. The predicted octanol–water partition coefficient (Wildman–Crippen LogP) is 4.32. The lowest BCUT2D eigenvalue weighted by molar-refractivity contribution is -0.162.